The Bertz CT molecular complexity index is 427. The second kappa shape index (κ2) is 7.40. The molecule has 1 saturated heterocycles. The summed E-state index contributed by atoms with van der Waals surface area (Å²) in [7, 11) is -3.05. The molecular weight excluding hydrogens is 286 g/mol. The van der Waals surface area contributed by atoms with Crippen LogP contribution in [-0.2, 0) is 10.0 Å². The Morgan fingerprint density at radius 3 is 2.62 bits per heavy atom. The first-order valence-electron chi connectivity index (χ1n) is 8.35. The van der Waals surface area contributed by atoms with Gasteiger partial charge in [0.1, 0.15) is 0 Å². The van der Waals surface area contributed by atoms with Crippen molar-refractivity contribution in [3.63, 3.8) is 0 Å². The summed E-state index contributed by atoms with van der Waals surface area (Å²) in [5, 5.41) is 0. The smallest absolute Gasteiger partial charge is 0.211 e. The van der Waals surface area contributed by atoms with Crippen LogP contribution < -0.4 is 11.3 Å². The van der Waals surface area contributed by atoms with Gasteiger partial charge in [0.05, 0.1) is 6.26 Å². The number of hydrogen-bond donors (Lipinski definition) is 2. The van der Waals surface area contributed by atoms with Crippen LogP contribution >= 0.6 is 0 Å². The molecule has 0 amide bonds. The second-order valence-corrected chi connectivity index (χ2v) is 8.97. The van der Waals surface area contributed by atoms with Gasteiger partial charge in [0, 0.05) is 19.1 Å². The van der Waals surface area contributed by atoms with Gasteiger partial charge in [-0.3, -0.25) is 11.3 Å². The maximum absolute atomic E-state index is 11.7. The number of hydrazine groups is 1. The summed E-state index contributed by atoms with van der Waals surface area (Å²) in [6.07, 6.45) is 9.52. The third-order valence-corrected chi connectivity index (χ3v) is 6.75. The van der Waals surface area contributed by atoms with Gasteiger partial charge < -0.3 is 0 Å². The van der Waals surface area contributed by atoms with Crippen LogP contribution in [0.1, 0.15) is 51.9 Å². The average molecular weight is 317 g/mol. The number of sulfonamides is 1. The van der Waals surface area contributed by atoms with Crippen LogP contribution in [0.5, 0.6) is 0 Å². The van der Waals surface area contributed by atoms with E-state index in [9.17, 15) is 8.42 Å². The largest absolute Gasteiger partial charge is 0.271 e. The summed E-state index contributed by atoms with van der Waals surface area (Å²) in [4.78, 5) is 0. The molecule has 124 valence electrons. The van der Waals surface area contributed by atoms with Crippen LogP contribution in [0.4, 0.5) is 0 Å². The molecule has 6 heteroatoms. The molecular formula is C15H31N3O2S. The summed E-state index contributed by atoms with van der Waals surface area (Å²) in [5.41, 5.74) is 3.02. The van der Waals surface area contributed by atoms with Gasteiger partial charge in [-0.25, -0.2) is 12.7 Å². The minimum Gasteiger partial charge on any atom is -0.271 e. The Balaban J connectivity index is 1.89. The van der Waals surface area contributed by atoms with E-state index >= 15 is 0 Å². The molecule has 0 bridgehead atoms. The van der Waals surface area contributed by atoms with Crippen molar-refractivity contribution >= 4 is 10.0 Å². The van der Waals surface area contributed by atoms with Gasteiger partial charge >= 0.3 is 0 Å². The fourth-order valence-corrected chi connectivity index (χ4v) is 5.07. The molecule has 2 fully saturated rings. The Hall–Kier alpha value is -0.170. The zero-order chi connectivity index (χ0) is 15.5. The molecule has 1 saturated carbocycles. The van der Waals surface area contributed by atoms with Gasteiger partial charge in [0.2, 0.25) is 10.0 Å². The monoisotopic (exact) mass is 317 g/mol. The summed E-state index contributed by atoms with van der Waals surface area (Å²) in [6.45, 7) is 3.61. The first kappa shape index (κ1) is 17.2. The Morgan fingerprint density at radius 2 is 2.05 bits per heavy atom. The molecule has 1 heterocycles. The van der Waals surface area contributed by atoms with E-state index in [4.69, 9.17) is 5.84 Å². The van der Waals surface area contributed by atoms with Crippen molar-refractivity contribution in [2.45, 2.75) is 57.9 Å². The number of piperidine rings is 1. The second-order valence-electron chi connectivity index (χ2n) is 6.99. The lowest BCUT2D eigenvalue weighted by Gasteiger charge is -2.34. The van der Waals surface area contributed by atoms with Gasteiger partial charge in [0.15, 0.2) is 0 Å². The van der Waals surface area contributed by atoms with E-state index in [2.05, 4.69) is 12.3 Å². The van der Waals surface area contributed by atoms with Gasteiger partial charge in [-0.1, -0.05) is 19.8 Å². The summed E-state index contributed by atoms with van der Waals surface area (Å²) < 4.78 is 25.1. The molecule has 1 aliphatic carbocycles. The molecule has 21 heavy (non-hydrogen) atoms. The molecule has 4 unspecified atom stereocenters. The van der Waals surface area contributed by atoms with E-state index < -0.39 is 10.0 Å². The van der Waals surface area contributed by atoms with Crippen LogP contribution in [0.3, 0.4) is 0 Å². The first-order valence-corrected chi connectivity index (χ1v) is 10.2. The van der Waals surface area contributed by atoms with E-state index in [1.54, 1.807) is 4.31 Å². The number of nitrogens with zero attached hydrogens (tertiary/aromatic N) is 1. The Kier molecular flexibility index (Phi) is 6.05. The molecule has 3 N–H and O–H groups in total. The zero-order valence-corrected chi connectivity index (χ0v) is 14.2. The minimum absolute atomic E-state index is 0.339. The fourth-order valence-electron chi connectivity index (χ4n) is 4.13. The van der Waals surface area contributed by atoms with Crippen molar-refractivity contribution < 1.29 is 8.42 Å². The van der Waals surface area contributed by atoms with E-state index in [1.165, 1.54) is 31.9 Å². The van der Waals surface area contributed by atoms with Crippen LogP contribution in [0, 0.1) is 17.8 Å². The maximum atomic E-state index is 11.7. The molecule has 0 aromatic heterocycles. The van der Waals surface area contributed by atoms with E-state index in [0.29, 0.717) is 31.0 Å². The normalized spacial score (nSPS) is 33.2. The predicted octanol–water partition coefficient (Wildman–Crippen LogP) is 1.71. The maximum Gasteiger partial charge on any atom is 0.211 e. The van der Waals surface area contributed by atoms with E-state index in [-0.39, 0.29) is 0 Å². The van der Waals surface area contributed by atoms with Gasteiger partial charge in [0.25, 0.3) is 0 Å². The SMILES string of the molecule is CCC1CCC(C(CC2CCCN(S(C)(=O)=O)C2)NN)C1. The number of nitrogens with one attached hydrogen (secondary N) is 1. The number of nitrogens with two attached hydrogens (primary N) is 1. The minimum atomic E-state index is -3.05. The highest BCUT2D eigenvalue weighted by molar-refractivity contribution is 7.88. The first-order chi connectivity index (χ1) is 9.94. The highest BCUT2D eigenvalue weighted by Crippen LogP contribution is 2.37. The van der Waals surface area contributed by atoms with E-state index in [1.807, 2.05) is 0 Å². The van der Waals surface area contributed by atoms with Crippen LogP contribution in [0.25, 0.3) is 0 Å². The van der Waals surface area contributed by atoms with Crippen molar-refractivity contribution in [3.8, 4) is 0 Å². The number of rotatable bonds is 6. The topological polar surface area (TPSA) is 75.4 Å². The summed E-state index contributed by atoms with van der Waals surface area (Å²) in [6, 6.07) is 0.339. The molecule has 0 spiro atoms. The predicted molar refractivity (Wildman–Crippen MR) is 86.0 cm³/mol. The lowest BCUT2D eigenvalue weighted by atomic mass is 9.85. The van der Waals surface area contributed by atoms with Crippen molar-refractivity contribution in [2.75, 3.05) is 19.3 Å². The lowest BCUT2D eigenvalue weighted by Crippen LogP contribution is -2.45. The molecule has 5 nitrogen and oxygen atoms in total. The molecule has 2 rings (SSSR count). The van der Waals surface area contributed by atoms with Crippen molar-refractivity contribution in [2.24, 2.45) is 23.6 Å². The zero-order valence-electron chi connectivity index (χ0n) is 13.4. The van der Waals surface area contributed by atoms with Crippen LogP contribution in [0.2, 0.25) is 0 Å². The molecule has 0 aromatic carbocycles. The van der Waals surface area contributed by atoms with Crippen molar-refractivity contribution in [1.29, 1.82) is 0 Å². The summed E-state index contributed by atoms with van der Waals surface area (Å²) in [5.74, 6) is 7.75. The van der Waals surface area contributed by atoms with Gasteiger partial charge in [-0.2, -0.15) is 0 Å². The number of hydrogen-bond acceptors (Lipinski definition) is 4. The van der Waals surface area contributed by atoms with Gasteiger partial charge in [-0.05, 0) is 49.9 Å². The van der Waals surface area contributed by atoms with Crippen LogP contribution in [0.15, 0.2) is 0 Å². The molecule has 2 aliphatic rings. The quantitative estimate of drug-likeness (QED) is 0.577. The molecule has 1 aliphatic heterocycles. The van der Waals surface area contributed by atoms with Crippen molar-refractivity contribution in [3.05, 3.63) is 0 Å². The average Bonchev–Trinajstić information content (AvgIpc) is 2.93. The standard InChI is InChI=1S/C15H31N3O2S/c1-3-12-6-7-14(9-12)15(17-16)10-13-5-4-8-18(11-13)21(2,19)20/h12-15,17H,3-11,16H2,1-2H3. The fraction of sp³-hybridized carbons (Fsp3) is 1.00. The highest BCUT2D eigenvalue weighted by Gasteiger charge is 2.33. The summed E-state index contributed by atoms with van der Waals surface area (Å²) >= 11 is 0. The third-order valence-electron chi connectivity index (χ3n) is 5.48. The van der Waals surface area contributed by atoms with E-state index in [0.717, 1.165) is 25.2 Å². The molecule has 0 aromatic rings. The third kappa shape index (κ3) is 4.65. The Morgan fingerprint density at radius 1 is 1.29 bits per heavy atom. The van der Waals surface area contributed by atoms with Gasteiger partial charge in [-0.15, -0.1) is 0 Å². The lowest BCUT2D eigenvalue weighted by molar-refractivity contribution is 0.212. The highest BCUT2D eigenvalue weighted by atomic mass is 32.2. The Labute approximate surface area is 129 Å². The van der Waals surface area contributed by atoms with Crippen LogP contribution in [-0.4, -0.2) is 38.1 Å². The van der Waals surface area contributed by atoms with Crippen molar-refractivity contribution in [1.82, 2.24) is 9.73 Å². The molecule has 4 atom stereocenters. The molecule has 0 radical (unpaired) electrons.